The van der Waals surface area contributed by atoms with Gasteiger partial charge in [-0.1, -0.05) is 18.2 Å². The van der Waals surface area contributed by atoms with Crippen LogP contribution in [-0.2, 0) is 14.3 Å². The van der Waals surface area contributed by atoms with Gasteiger partial charge in [-0.3, -0.25) is 14.5 Å². The molecular weight excluding hydrogens is 318 g/mol. The van der Waals surface area contributed by atoms with Gasteiger partial charge in [-0.05, 0) is 32.9 Å². The number of benzene rings is 1. The third-order valence-corrected chi connectivity index (χ3v) is 4.55. The first kappa shape index (κ1) is 19.4. The molecule has 25 heavy (non-hydrogen) atoms. The number of carbonyl (C=O) groups is 2. The van der Waals surface area contributed by atoms with Gasteiger partial charge in [-0.2, -0.15) is 0 Å². The lowest BCUT2D eigenvalue weighted by Crippen LogP contribution is -2.51. The van der Waals surface area contributed by atoms with Crippen LogP contribution in [-0.4, -0.2) is 62.7 Å². The zero-order valence-electron chi connectivity index (χ0n) is 15.5. The zero-order valence-corrected chi connectivity index (χ0v) is 15.5. The number of para-hydroxylation sites is 1. The van der Waals surface area contributed by atoms with Crippen molar-refractivity contribution in [2.24, 2.45) is 5.41 Å². The Balaban J connectivity index is 1.93. The minimum absolute atomic E-state index is 0.190. The maximum Gasteiger partial charge on any atom is 0.242 e. The average Bonchev–Trinajstić information content (AvgIpc) is 2.64. The highest BCUT2D eigenvalue weighted by atomic mass is 16.5. The molecule has 1 fully saturated rings. The Kier molecular flexibility index (Phi) is 6.96. The fourth-order valence-corrected chi connectivity index (χ4v) is 2.86. The van der Waals surface area contributed by atoms with E-state index in [1.165, 1.54) is 0 Å². The molecule has 1 aromatic carbocycles. The molecule has 1 N–H and O–H groups in total. The van der Waals surface area contributed by atoms with Crippen molar-refractivity contribution in [1.82, 2.24) is 10.2 Å². The monoisotopic (exact) mass is 347 g/mol. The van der Waals surface area contributed by atoms with Gasteiger partial charge in [0.2, 0.25) is 11.8 Å². The predicted octanol–water partition coefficient (Wildman–Crippen LogP) is 1.51. The van der Waals surface area contributed by atoms with Crippen molar-refractivity contribution in [2.45, 2.75) is 20.8 Å². The maximum absolute atomic E-state index is 12.9. The summed E-state index contributed by atoms with van der Waals surface area (Å²) in [6.07, 6.45) is 0. The molecule has 1 aliphatic heterocycles. The molecule has 2 rings (SSSR count). The van der Waals surface area contributed by atoms with Gasteiger partial charge in [0.25, 0.3) is 0 Å². The van der Waals surface area contributed by atoms with Crippen LogP contribution in [0.4, 0.5) is 5.69 Å². The molecule has 2 amide bonds. The van der Waals surface area contributed by atoms with E-state index in [0.29, 0.717) is 13.1 Å². The van der Waals surface area contributed by atoms with Crippen LogP contribution >= 0.6 is 0 Å². The van der Waals surface area contributed by atoms with E-state index >= 15 is 0 Å². The van der Waals surface area contributed by atoms with Crippen LogP contribution in [0.15, 0.2) is 30.3 Å². The van der Waals surface area contributed by atoms with Gasteiger partial charge >= 0.3 is 0 Å². The quantitative estimate of drug-likeness (QED) is 0.760. The molecule has 1 saturated heterocycles. The summed E-state index contributed by atoms with van der Waals surface area (Å²) in [5.74, 6) is -0.426. The number of anilines is 1. The molecule has 6 heteroatoms. The fourth-order valence-electron chi connectivity index (χ4n) is 2.86. The van der Waals surface area contributed by atoms with E-state index in [0.717, 1.165) is 38.5 Å². The highest BCUT2D eigenvalue weighted by Gasteiger charge is 2.39. The molecule has 0 saturated carbocycles. The Hall–Kier alpha value is -1.92. The van der Waals surface area contributed by atoms with Gasteiger partial charge in [-0.25, -0.2) is 0 Å². The largest absolute Gasteiger partial charge is 0.379 e. The average molecular weight is 347 g/mol. The van der Waals surface area contributed by atoms with Crippen molar-refractivity contribution >= 4 is 17.5 Å². The fraction of sp³-hybridized carbons (Fsp3) is 0.579. The van der Waals surface area contributed by atoms with Crippen molar-refractivity contribution in [2.75, 3.05) is 50.8 Å². The number of carbonyl (C=O) groups excluding carboxylic acids is 2. The second kappa shape index (κ2) is 8.97. The molecule has 0 unspecified atom stereocenters. The Morgan fingerprint density at radius 3 is 2.44 bits per heavy atom. The van der Waals surface area contributed by atoms with Gasteiger partial charge in [0, 0.05) is 38.4 Å². The number of morpholine rings is 1. The van der Waals surface area contributed by atoms with Gasteiger partial charge in [0.05, 0.1) is 13.2 Å². The minimum atomic E-state index is -1.11. The molecule has 1 aromatic rings. The molecule has 0 atom stereocenters. The van der Waals surface area contributed by atoms with Gasteiger partial charge in [-0.15, -0.1) is 0 Å². The number of ether oxygens (including phenoxy) is 1. The molecule has 1 aliphatic rings. The molecule has 0 aliphatic carbocycles. The summed E-state index contributed by atoms with van der Waals surface area (Å²) in [6, 6.07) is 9.45. The van der Waals surface area contributed by atoms with E-state index in [9.17, 15) is 9.59 Å². The van der Waals surface area contributed by atoms with Crippen molar-refractivity contribution < 1.29 is 14.3 Å². The standard InChI is InChI=1S/C19H29N3O3/c1-4-22(16-8-6-5-7-9-16)18(24)19(2,3)17(23)20-10-11-21-12-14-25-15-13-21/h5-9H,4,10-15H2,1-3H3,(H,20,23). The number of hydrogen-bond donors (Lipinski definition) is 1. The topological polar surface area (TPSA) is 61.9 Å². The van der Waals surface area contributed by atoms with Crippen LogP contribution in [0, 0.1) is 5.41 Å². The highest BCUT2D eigenvalue weighted by molar-refractivity contribution is 6.11. The highest BCUT2D eigenvalue weighted by Crippen LogP contribution is 2.24. The van der Waals surface area contributed by atoms with E-state index < -0.39 is 5.41 Å². The lowest BCUT2D eigenvalue weighted by atomic mass is 9.90. The second-order valence-corrected chi connectivity index (χ2v) is 6.72. The van der Waals surface area contributed by atoms with E-state index in [-0.39, 0.29) is 11.8 Å². The van der Waals surface area contributed by atoms with Crippen LogP contribution in [0.3, 0.4) is 0 Å². The van der Waals surface area contributed by atoms with Crippen LogP contribution in [0.5, 0.6) is 0 Å². The van der Waals surface area contributed by atoms with Gasteiger partial charge < -0.3 is 15.0 Å². The SMILES string of the molecule is CCN(C(=O)C(C)(C)C(=O)NCCN1CCOCC1)c1ccccc1. The Morgan fingerprint density at radius 2 is 1.84 bits per heavy atom. The van der Waals surface area contributed by atoms with Gasteiger partial charge in [0.1, 0.15) is 5.41 Å². The van der Waals surface area contributed by atoms with E-state index in [4.69, 9.17) is 4.74 Å². The molecule has 138 valence electrons. The molecule has 1 heterocycles. The Bertz CT molecular complexity index is 569. The third kappa shape index (κ3) is 5.03. The molecule has 0 spiro atoms. The Labute approximate surface area is 150 Å². The number of rotatable bonds is 7. The lowest BCUT2D eigenvalue weighted by Gasteiger charge is -2.31. The van der Waals surface area contributed by atoms with Crippen LogP contribution in [0.1, 0.15) is 20.8 Å². The summed E-state index contributed by atoms with van der Waals surface area (Å²) in [7, 11) is 0. The zero-order chi connectivity index (χ0) is 18.3. The first-order chi connectivity index (χ1) is 12.0. The molecule has 0 radical (unpaired) electrons. The number of hydrogen-bond acceptors (Lipinski definition) is 4. The van der Waals surface area contributed by atoms with E-state index in [2.05, 4.69) is 10.2 Å². The molecule has 0 bridgehead atoms. The number of nitrogens with zero attached hydrogens (tertiary/aromatic N) is 2. The van der Waals surface area contributed by atoms with Crippen LogP contribution in [0.25, 0.3) is 0 Å². The van der Waals surface area contributed by atoms with E-state index in [1.807, 2.05) is 37.3 Å². The second-order valence-electron chi connectivity index (χ2n) is 6.72. The summed E-state index contributed by atoms with van der Waals surface area (Å²) in [5.41, 5.74) is -0.305. The molecule has 6 nitrogen and oxygen atoms in total. The summed E-state index contributed by atoms with van der Waals surface area (Å²) >= 11 is 0. The summed E-state index contributed by atoms with van der Waals surface area (Å²) < 4.78 is 5.31. The molecule has 0 aromatic heterocycles. The van der Waals surface area contributed by atoms with Crippen molar-refractivity contribution in [3.05, 3.63) is 30.3 Å². The lowest BCUT2D eigenvalue weighted by molar-refractivity contribution is -0.139. The smallest absolute Gasteiger partial charge is 0.242 e. The van der Waals surface area contributed by atoms with Crippen molar-refractivity contribution in [3.8, 4) is 0 Å². The Morgan fingerprint density at radius 1 is 1.20 bits per heavy atom. The minimum Gasteiger partial charge on any atom is -0.379 e. The summed E-state index contributed by atoms with van der Waals surface area (Å²) in [5, 5.41) is 2.91. The predicted molar refractivity (Wildman–Crippen MR) is 98.5 cm³/mol. The summed E-state index contributed by atoms with van der Waals surface area (Å²) in [4.78, 5) is 29.4. The van der Waals surface area contributed by atoms with Crippen LogP contribution in [0.2, 0.25) is 0 Å². The maximum atomic E-state index is 12.9. The summed E-state index contributed by atoms with van der Waals surface area (Å²) in [6.45, 7) is 10.4. The normalized spacial score (nSPS) is 15.6. The van der Waals surface area contributed by atoms with Crippen LogP contribution < -0.4 is 10.2 Å². The third-order valence-electron chi connectivity index (χ3n) is 4.55. The number of nitrogens with one attached hydrogen (secondary N) is 1. The van der Waals surface area contributed by atoms with E-state index in [1.54, 1.807) is 18.7 Å². The molecular formula is C19H29N3O3. The van der Waals surface area contributed by atoms with Crippen molar-refractivity contribution in [1.29, 1.82) is 0 Å². The first-order valence-corrected chi connectivity index (χ1v) is 8.92. The van der Waals surface area contributed by atoms with Gasteiger partial charge in [0.15, 0.2) is 0 Å². The first-order valence-electron chi connectivity index (χ1n) is 8.92. The number of amides is 2. The van der Waals surface area contributed by atoms with Crippen molar-refractivity contribution in [3.63, 3.8) is 0 Å².